The molecule has 52 heavy (non-hydrogen) atoms. The second-order valence-corrected chi connectivity index (χ2v) is 12.9. The maximum atomic E-state index is 14.1. The number of nitrogens with one attached hydrogen (secondary N) is 1. The lowest BCUT2D eigenvalue weighted by atomic mass is 9.87. The number of carbonyl (C=O) groups is 4. The zero-order valence-electron chi connectivity index (χ0n) is 29.0. The smallest absolute Gasteiger partial charge is 0.417 e. The molecule has 0 saturated carbocycles. The van der Waals surface area contributed by atoms with Crippen LogP contribution in [-0.4, -0.2) is 83.9 Å². The lowest BCUT2D eigenvalue weighted by molar-refractivity contribution is -0.139. The summed E-state index contributed by atoms with van der Waals surface area (Å²) < 4.78 is 10.7. The van der Waals surface area contributed by atoms with E-state index < -0.39 is 36.0 Å². The van der Waals surface area contributed by atoms with Crippen LogP contribution >= 0.6 is 0 Å². The number of carbonyl (C=O) groups excluding carboxylic acids is 3. The van der Waals surface area contributed by atoms with Gasteiger partial charge >= 0.3 is 12.1 Å². The molecule has 3 atom stereocenters. The van der Waals surface area contributed by atoms with Crippen molar-refractivity contribution in [3.8, 4) is 5.75 Å². The predicted molar refractivity (Wildman–Crippen MR) is 197 cm³/mol. The van der Waals surface area contributed by atoms with Gasteiger partial charge in [-0.2, -0.15) is 0 Å². The standard InChI is InChI=1S/C41H42N4O7/c1-51-31-21-19-28(20-22-31)33(25-37(47)45-35(27-52-41(45)50)29-13-5-2-6-14-29)39(40(48)49)43-38(30-15-7-3-8-16-30)32-17-9-10-18-34(32)42-36(46)26-44-23-11-4-12-24-44/h2-3,5-10,13-22,33,35,39H,4,11-12,23-27H2,1H3,(H,42,46)(H,48,49)/t33-,35+,39+/m1/s1. The van der Waals surface area contributed by atoms with Gasteiger partial charge in [-0.1, -0.05) is 97.4 Å². The molecule has 4 aromatic carbocycles. The number of carboxylic acids is 1. The van der Waals surface area contributed by atoms with Crippen LogP contribution in [0.5, 0.6) is 5.75 Å². The average molecular weight is 703 g/mol. The first kappa shape index (κ1) is 36.0. The fraction of sp³-hybridized carbons (Fsp3) is 0.293. The van der Waals surface area contributed by atoms with E-state index in [1.165, 1.54) is 7.11 Å². The van der Waals surface area contributed by atoms with Crippen molar-refractivity contribution in [1.29, 1.82) is 0 Å². The van der Waals surface area contributed by atoms with Crippen molar-refractivity contribution in [1.82, 2.24) is 9.80 Å². The van der Waals surface area contributed by atoms with E-state index in [2.05, 4.69) is 10.2 Å². The summed E-state index contributed by atoms with van der Waals surface area (Å²) in [5.41, 5.74) is 3.21. The number of hydrogen-bond acceptors (Lipinski definition) is 8. The first-order valence-corrected chi connectivity index (χ1v) is 17.5. The number of benzene rings is 4. The summed E-state index contributed by atoms with van der Waals surface area (Å²) in [5, 5.41) is 13.9. The molecule has 268 valence electrons. The third kappa shape index (κ3) is 8.55. The van der Waals surface area contributed by atoms with E-state index in [0.717, 1.165) is 42.8 Å². The van der Waals surface area contributed by atoms with Gasteiger partial charge in [0, 0.05) is 23.5 Å². The van der Waals surface area contributed by atoms with Gasteiger partial charge in [0.2, 0.25) is 11.8 Å². The fourth-order valence-corrected chi connectivity index (χ4v) is 6.83. The van der Waals surface area contributed by atoms with Gasteiger partial charge in [-0.05, 0) is 55.3 Å². The maximum absolute atomic E-state index is 14.1. The first-order valence-electron chi connectivity index (χ1n) is 17.5. The average Bonchev–Trinajstić information content (AvgIpc) is 3.57. The van der Waals surface area contributed by atoms with E-state index in [0.29, 0.717) is 33.8 Å². The molecule has 4 aromatic rings. The Hall–Kier alpha value is -5.81. The molecular weight excluding hydrogens is 660 g/mol. The van der Waals surface area contributed by atoms with Crippen LogP contribution < -0.4 is 10.1 Å². The van der Waals surface area contributed by atoms with Crippen LogP contribution in [0.1, 0.15) is 59.9 Å². The Balaban J connectivity index is 1.40. The number of nitrogens with zero attached hydrogens (tertiary/aromatic N) is 3. The highest BCUT2D eigenvalue weighted by Gasteiger charge is 2.41. The monoisotopic (exact) mass is 702 g/mol. The van der Waals surface area contributed by atoms with Crippen molar-refractivity contribution >= 4 is 35.3 Å². The van der Waals surface area contributed by atoms with Gasteiger partial charge in [-0.3, -0.25) is 19.5 Å². The van der Waals surface area contributed by atoms with Crippen LogP contribution in [-0.2, 0) is 19.1 Å². The number of ether oxygens (including phenoxy) is 2. The van der Waals surface area contributed by atoms with Gasteiger partial charge in [0.1, 0.15) is 18.4 Å². The number of carboxylic acid groups (broad SMARTS) is 1. The van der Waals surface area contributed by atoms with Crippen LogP contribution in [0.3, 0.4) is 0 Å². The molecule has 0 spiro atoms. The number of methoxy groups -OCH3 is 1. The summed E-state index contributed by atoms with van der Waals surface area (Å²) in [4.78, 5) is 61.9. The Kier molecular flexibility index (Phi) is 11.7. The summed E-state index contributed by atoms with van der Waals surface area (Å²) in [7, 11) is 1.53. The molecule has 0 unspecified atom stereocenters. The SMILES string of the molecule is COc1ccc([C@@H](CC(=O)N2C(=O)OC[C@H]2c2ccccc2)[C@H](N=C(c2ccccc2)c2ccccc2NC(=O)CN2CCCCC2)C(=O)O)cc1. The summed E-state index contributed by atoms with van der Waals surface area (Å²) in [5.74, 6) is -2.50. The zero-order valence-corrected chi connectivity index (χ0v) is 29.0. The molecule has 2 aliphatic heterocycles. The molecule has 11 nitrogen and oxygen atoms in total. The highest BCUT2D eigenvalue weighted by molar-refractivity contribution is 6.17. The van der Waals surface area contributed by atoms with Gasteiger partial charge in [0.05, 0.1) is 25.1 Å². The number of cyclic esters (lactones) is 1. The number of aliphatic imine (C=N–C) groups is 1. The molecule has 11 heteroatoms. The van der Waals surface area contributed by atoms with Gasteiger partial charge < -0.3 is 19.9 Å². The third-order valence-corrected chi connectivity index (χ3v) is 9.49. The van der Waals surface area contributed by atoms with E-state index >= 15 is 0 Å². The van der Waals surface area contributed by atoms with Crippen LogP contribution in [0.4, 0.5) is 10.5 Å². The minimum Gasteiger partial charge on any atom is -0.497 e. The number of aliphatic carboxylic acids is 1. The number of anilines is 1. The van der Waals surface area contributed by atoms with Crippen molar-refractivity contribution < 1.29 is 33.8 Å². The van der Waals surface area contributed by atoms with Gasteiger partial charge in [-0.15, -0.1) is 0 Å². The Morgan fingerprint density at radius 2 is 1.54 bits per heavy atom. The number of piperidine rings is 1. The zero-order chi connectivity index (χ0) is 36.5. The Morgan fingerprint density at radius 3 is 2.21 bits per heavy atom. The number of hydrogen-bond donors (Lipinski definition) is 2. The summed E-state index contributed by atoms with van der Waals surface area (Å²) >= 11 is 0. The predicted octanol–water partition coefficient (Wildman–Crippen LogP) is 6.30. The molecule has 3 amide bonds. The molecule has 2 fully saturated rings. The lowest BCUT2D eigenvalue weighted by Crippen LogP contribution is -2.38. The molecule has 0 radical (unpaired) electrons. The van der Waals surface area contributed by atoms with Crippen molar-refractivity contribution in [2.24, 2.45) is 4.99 Å². The maximum Gasteiger partial charge on any atom is 0.417 e. The van der Waals surface area contributed by atoms with Gasteiger partial charge in [0.15, 0.2) is 6.04 Å². The molecule has 0 aliphatic carbocycles. The summed E-state index contributed by atoms with van der Waals surface area (Å²) in [6.45, 7) is 1.95. The van der Waals surface area contributed by atoms with E-state index in [1.54, 1.807) is 48.5 Å². The second-order valence-electron chi connectivity index (χ2n) is 12.9. The second kappa shape index (κ2) is 16.9. The summed E-state index contributed by atoms with van der Waals surface area (Å²) in [6.07, 6.45) is 2.11. The van der Waals surface area contributed by atoms with Crippen molar-refractivity contribution in [3.05, 3.63) is 131 Å². The van der Waals surface area contributed by atoms with Crippen LogP contribution in [0.15, 0.2) is 114 Å². The molecule has 0 bridgehead atoms. The Bertz CT molecular complexity index is 1890. The molecule has 2 N–H and O–H groups in total. The highest BCUT2D eigenvalue weighted by Crippen LogP contribution is 2.34. The van der Waals surface area contributed by atoms with E-state index in [1.807, 2.05) is 60.7 Å². The van der Waals surface area contributed by atoms with E-state index in [9.17, 15) is 24.3 Å². The van der Waals surface area contributed by atoms with Crippen molar-refractivity contribution in [2.75, 3.05) is 38.7 Å². The minimum atomic E-state index is -1.49. The van der Waals surface area contributed by atoms with E-state index in [-0.39, 0.29) is 25.5 Å². The lowest BCUT2D eigenvalue weighted by Gasteiger charge is -2.27. The largest absolute Gasteiger partial charge is 0.497 e. The number of likely N-dealkylation sites (tertiary alicyclic amines) is 1. The number of rotatable bonds is 13. The number of imide groups is 1. The molecule has 2 saturated heterocycles. The normalized spacial score (nSPS) is 17.6. The van der Waals surface area contributed by atoms with Crippen LogP contribution in [0.25, 0.3) is 0 Å². The third-order valence-electron chi connectivity index (χ3n) is 9.49. The quantitative estimate of drug-likeness (QED) is 0.155. The van der Waals surface area contributed by atoms with Gasteiger partial charge in [0.25, 0.3) is 0 Å². The topological polar surface area (TPSA) is 138 Å². The highest BCUT2D eigenvalue weighted by atomic mass is 16.6. The number of para-hydroxylation sites is 1. The molecule has 6 rings (SSSR count). The van der Waals surface area contributed by atoms with Gasteiger partial charge in [-0.25, -0.2) is 14.5 Å². The van der Waals surface area contributed by atoms with Crippen molar-refractivity contribution in [3.63, 3.8) is 0 Å². The Morgan fingerprint density at radius 1 is 0.885 bits per heavy atom. The van der Waals surface area contributed by atoms with Crippen LogP contribution in [0.2, 0.25) is 0 Å². The molecule has 2 heterocycles. The first-order chi connectivity index (χ1) is 25.3. The summed E-state index contributed by atoms with van der Waals surface area (Å²) in [6, 6.07) is 30.0. The number of amides is 3. The molecular formula is C41H42N4O7. The molecule has 2 aliphatic rings. The molecule has 0 aromatic heterocycles. The fourth-order valence-electron chi connectivity index (χ4n) is 6.83. The minimum absolute atomic E-state index is 0.0132. The van der Waals surface area contributed by atoms with Crippen LogP contribution in [0, 0.1) is 0 Å². The van der Waals surface area contributed by atoms with Crippen molar-refractivity contribution in [2.45, 2.75) is 43.7 Å². The Labute approximate surface area is 302 Å². The van der Waals surface area contributed by atoms with E-state index in [4.69, 9.17) is 14.5 Å².